The van der Waals surface area contributed by atoms with E-state index in [2.05, 4.69) is 19.2 Å². The molecule has 4 heteroatoms. The van der Waals surface area contributed by atoms with Crippen LogP contribution in [-0.2, 0) is 0 Å². The van der Waals surface area contributed by atoms with Gasteiger partial charge in [-0.2, -0.15) is 0 Å². The number of hydrogen-bond donors (Lipinski definition) is 2. The summed E-state index contributed by atoms with van der Waals surface area (Å²) in [5.41, 5.74) is 5.88. The number of benzene rings is 1. The summed E-state index contributed by atoms with van der Waals surface area (Å²) in [6, 6.07) is 4.32. The molecule has 1 fully saturated rings. The van der Waals surface area contributed by atoms with Crippen LogP contribution in [0.2, 0.25) is 0 Å². The van der Waals surface area contributed by atoms with Gasteiger partial charge in [0.1, 0.15) is 5.82 Å². The summed E-state index contributed by atoms with van der Waals surface area (Å²) in [5, 5.41) is 2.95. The molecule has 1 aromatic carbocycles. The number of nitrogen functional groups attached to an aromatic ring is 1. The lowest BCUT2D eigenvalue weighted by molar-refractivity contribution is 0.0922. The minimum Gasteiger partial charge on any atom is -0.399 e. The predicted octanol–water partition coefficient (Wildman–Crippen LogP) is 2.96. The van der Waals surface area contributed by atoms with Crippen LogP contribution in [0, 0.1) is 17.7 Å². The molecule has 0 radical (unpaired) electrons. The molecule has 3 atom stereocenters. The zero-order valence-corrected chi connectivity index (χ0v) is 11.4. The van der Waals surface area contributed by atoms with Crippen molar-refractivity contribution in [3.63, 3.8) is 0 Å². The Morgan fingerprint density at radius 1 is 1.47 bits per heavy atom. The monoisotopic (exact) mass is 264 g/mol. The van der Waals surface area contributed by atoms with Crippen LogP contribution >= 0.6 is 0 Å². The van der Waals surface area contributed by atoms with E-state index in [4.69, 9.17) is 5.73 Å². The molecular formula is C15H21FN2O. The number of rotatable bonds is 3. The third kappa shape index (κ3) is 2.88. The highest BCUT2D eigenvalue weighted by atomic mass is 19.1. The van der Waals surface area contributed by atoms with Crippen molar-refractivity contribution in [3.8, 4) is 0 Å². The molecule has 0 spiro atoms. The summed E-state index contributed by atoms with van der Waals surface area (Å²) >= 11 is 0. The lowest BCUT2D eigenvalue weighted by Crippen LogP contribution is -2.37. The molecule has 1 saturated carbocycles. The van der Waals surface area contributed by atoms with Gasteiger partial charge in [0.25, 0.3) is 5.91 Å². The third-order valence-electron chi connectivity index (χ3n) is 4.31. The Hall–Kier alpha value is -1.58. The first-order valence-corrected chi connectivity index (χ1v) is 6.88. The zero-order chi connectivity index (χ0) is 14.0. The highest BCUT2D eigenvalue weighted by molar-refractivity contribution is 5.95. The first kappa shape index (κ1) is 13.8. The molecule has 1 aliphatic rings. The SMILES string of the molecule is CCC1CCC(NC(=O)c2ccc(N)cc2F)C1C. The fourth-order valence-corrected chi connectivity index (χ4v) is 2.99. The summed E-state index contributed by atoms with van der Waals surface area (Å²) in [6.07, 6.45) is 3.23. The summed E-state index contributed by atoms with van der Waals surface area (Å²) < 4.78 is 13.7. The van der Waals surface area contributed by atoms with E-state index in [1.54, 1.807) is 6.07 Å². The van der Waals surface area contributed by atoms with E-state index < -0.39 is 5.82 Å². The van der Waals surface area contributed by atoms with E-state index in [9.17, 15) is 9.18 Å². The molecule has 0 heterocycles. The number of nitrogens with two attached hydrogens (primary N) is 1. The molecule has 0 aromatic heterocycles. The number of anilines is 1. The molecule has 0 saturated heterocycles. The fourth-order valence-electron chi connectivity index (χ4n) is 2.99. The molecule has 3 unspecified atom stereocenters. The zero-order valence-electron chi connectivity index (χ0n) is 11.4. The van der Waals surface area contributed by atoms with Crippen molar-refractivity contribution < 1.29 is 9.18 Å². The Morgan fingerprint density at radius 2 is 2.21 bits per heavy atom. The van der Waals surface area contributed by atoms with E-state index >= 15 is 0 Å². The van der Waals surface area contributed by atoms with Gasteiger partial charge in [0.05, 0.1) is 5.56 Å². The second-order valence-corrected chi connectivity index (χ2v) is 5.42. The van der Waals surface area contributed by atoms with Gasteiger partial charge >= 0.3 is 0 Å². The Kier molecular flexibility index (Phi) is 4.08. The van der Waals surface area contributed by atoms with Crippen LogP contribution in [0.4, 0.5) is 10.1 Å². The minimum atomic E-state index is -0.560. The van der Waals surface area contributed by atoms with Crippen molar-refractivity contribution in [2.75, 3.05) is 5.73 Å². The quantitative estimate of drug-likeness (QED) is 0.825. The maximum atomic E-state index is 13.7. The smallest absolute Gasteiger partial charge is 0.254 e. The van der Waals surface area contributed by atoms with Gasteiger partial charge in [0.2, 0.25) is 0 Å². The average Bonchev–Trinajstić information content (AvgIpc) is 2.70. The summed E-state index contributed by atoms with van der Waals surface area (Å²) in [6.45, 7) is 4.33. The normalized spacial score (nSPS) is 26.4. The third-order valence-corrected chi connectivity index (χ3v) is 4.31. The van der Waals surface area contributed by atoms with Gasteiger partial charge in [-0.3, -0.25) is 4.79 Å². The largest absolute Gasteiger partial charge is 0.399 e. The van der Waals surface area contributed by atoms with Crippen molar-refractivity contribution in [1.29, 1.82) is 0 Å². The lowest BCUT2D eigenvalue weighted by atomic mass is 9.93. The van der Waals surface area contributed by atoms with Crippen molar-refractivity contribution in [2.45, 2.75) is 39.2 Å². The number of carbonyl (C=O) groups is 1. The van der Waals surface area contributed by atoms with Crippen molar-refractivity contribution >= 4 is 11.6 Å². The predicted molar refractivity (Wildman–Crippen MR) is 74.2 cm³/mol. The highest BCUT2D eigenvalue weighted by Gasteiger charge is 2.32. The maximum Gasteiger partial charge on any atom is 0.254 e. The Labute approximate surface area is 113 Å². The van der Waals surface area contributed by atoms with E-state index in [0.717, 1.165) is 19.3 Å². The second kappa shape index (κ2) is 5.59. The number of halogens is 1. The van der Waals surface area contributed by atoms with E-state index in [1.165, 1.54) is 12.1 Å². The standard InChI is InChI=1S/C15H21FN2O/c1-3-10-4-7-14(9(10)2)18-15(19)12-6-5-11(17)8-13(12)16/h5-6,8-10,14H,3-4,7,17H2,1-2H3,(H,18,19). The highest BCUT2D eigenvalue weighted by Crippen LogP contribution is 2.34. The van der Waals surface area contributed by atoms with Crippen LogP contribution in [0.15, 0.2) is 18.2 Å². The molecule has 0 aliphatic heterocycles. The topological polar surface area (TPSA) is 55.1 Å². The van der Waals surface area contributed by atoms with Gasteiger partial charge < -0.3 is 11.1 Å². The molecule has 19 heavy (non-hydrogen) atoms. The molecule has 1 aliphatic carbocycles. The molecular weight excluding hydrogens is 243 g/mol. The van der Waals surface area contributed by atoms with E-state index in [0.29, 0.717) is 17.5 Å². The Bertz CT molecular complexity index is 475. The van der Waals surface area contributed by atoms with Crippen LogP contribution in [-0.4, -0.2) is 11.9 Å². The van der Waals surface area contributed by atoms with E-state index in [1.807, 2.05) is 0 Å². The number of carbonyl (C=O) groups excluding carboxylic acids is 1. The Morgan fingerprint density at radius 3 is 2.79 bits per heavy atom. The van der Waals surface area contributed by atoms with Crippen LogP contribution in [0.25, 0.3) is 0 Å². The van der Waals surface area contributed by atoms with Gasteiger partial charge in [0, 0.05) is 11.7 Å². The number of nitrogens with one attached hydrogen (secondary N) is 1. The first-order chi connectivity index (χ1) is 9.02. The maximum absolute atomic E-state index is 13.7. The van der Waals surface area contributed by atoms with Crippen LogP contribution in [0.3, 0.4) is 0 Å². The molecule has 104 valence electrons. The second-order valence-electron chi connectivity index (χ2n) is 5.42. The first-order valence-electron chi connectivity index (χ1n) is 6.88. The Balaban J connectivity index is 2.05. The molecule has 0 bridgehead atoms. The summed E-state index contributed by atoms with van der Waals surface area (Å²) in [7, 11) is 0. The lowest BCUT2D eigenvalue weighted by Gasteiger charge is -2.21. The van der Waals surface area contributed by atoms with Crippen molar-refractivity contribution in [3.05, 3.63) is 29.6 Å². The van der Waals surface area contributed by atoms with Crippen LogP contribution < -0.4 is 11.1 Å². The fraction of sp³-hybridized carbons (Fsp3) is 0.533. The number of hydrogen-bond acceptors (Lipinski definition) is 2. The summed E-state index contributed by atoms with van der Waals surface area (Å²) in [4.78, 5) is 12.1. The molecule has 1 amide bonds. The van der Waals surface area contributed by atoms with Gasteiger partial charge in [-0.15, -0.1) is 0 Å². The van der Waals surface area contributed by atoms with Gasteiger partial charge in [-0.1, -0.05) is 20.3 Å². The van der Waals surface area contributed by atoms with Crippen LogP contribution in [0.1, 0.15) is 43.5 Å². The van der Waals surface area contributed by atoms with E-state index in [-0.39, 0.29) is 17.5 Å². The molecule has 3 N–H and O–H groups in total. The molecule has 2 rings (SSSR count). The van der Waals surface area contributed by atoms with Crippen molar-refractivity contribution in [1.82, 2.24) is 5.32 Å². The van der Waals surface area contributed by atoms with Gasteiger partial charge in [-0.05, 0) is 42.9 Å². The summed E-state index contributed by atoms with van der Waals surface area (Å²) in [5.74, 6) is 0.202. The van der Waals surface area contributed by atoms with Crippen LogP contribution in [0.5, 0.6) is 0 Å². The number of amides is 1. The van der Waals surface area contributed by atoms with Crippen molar-refractivity contribution in [2.24, 2.45) is 11.8 Å². The average molecular weight is 264 g/mol. The molecule has 1 aromatic rings. The van der Waals surface area contributed by atoms with Gasteiger partial charge in [-0.25, -0.2) is 4.39 Å². The minimum absolute atomic E-state index is 0.0707. The molecule has 3 nitrogen and oxygen atoms in total. The van der Waals surface area contributed by atoms with Gasteiger partial charge in [0.15, 0.2) is 0 Å².